The molecule has 1 unspecified atom stereocenters. The summed E-state index contributed by atoms with van der Waals surface area (Å²) in [4.78, 5) is 10.7. The first-order chi connectivity index (χ1) is 4.04. The molecule has 0 rings (SSSR count). The van der Waals surface area contributed by atoms with Gasteiger partial charge in [-0.15, -0.1) is 12.4 Å². The van der Waals surface area contributed by atoms with Crippen LogP contribution in [0.1, 0.15) is 6.92 Å². The monoisotopic (exact) mass is 168 g/mol. The lowest BCUT2D eigenvalue weighted by atomic mass is 10.1. The molecule has 4 nitrogen and oxygen atoms in total. The van der Waals surface area contributed by atoms with Crippen LogP contribution in [-0.4, -0.2) is 30.2 Å². The normalized spacial score (nSPS) is 14.8. The van der Waals surface area contributed by atoms with E-state index in [9.17, 15) is 4.79 Å². The van der Waals surface area contributed by atoms with E-state index >= 15 is 0 Å². The molecule has 1 atom stereocenters. The molecular weight excluding hydrogens is 156 g/mol. The SMILES string of the molecule is CNC(=O)C(C)(N)CO.Cl. The van der Waals surface area contributed by atoms with Gasteiger partial charge in [-0.25, -0.2) is 0 Å². The fourth-order valence-electron chi connectivity index (χ4n) is 0.357. The fraction of sp³-hybridized carbons (Fsp3) is 0.800. The second-order valence-corrected chi connectivity index (χ2v) is 2.15. The van der Waals surface area contributed by atoms with E-state index < -0.39 is 5.54 Å². The maximum absolute atomic E-state index is 10.7. The summed E-state index contributed by atoms with van der Waals surface area (Å²) < 4.78 is 0. The lowest BCUT2D eigenvalue weighted by molar-refractivity contribution is -0.126. The Labute approximate surface area is 66.2 Å². The third-order valence-electron chi connectivity index (χ3n) is 1.07. The minimum Gasteiger partial charge on any atom is -0.394 e. The number of likely N-dealkylation sites (N-methyl/N-ethyl adjacent to an activating group) is 1. The molecule has 0 heterocycles. The van der Waals surface area contributed by atoms with Crippen molar-refractivity contribution in [1.29, 1.82) is 0 Å². The quantitative estimate of drug-likeness (QED) is 0.488. The van der Waals surface area contributed by atoms with Gasteiger partial charge in [-0.3, -0.25) is 4.79 Å². The van der Waals surface area contributed by atoms with E-state index in [1.165, 1.54) is 14.0 Å². The lowest BCUT2D eigenvalue weighted by Gasteiger charge is -2.18. The molecule has 0 aliphatic heterocycles. The minimum atomic E-state index is -1.14. The van der Waals surface area contributed by atoms with E-state index in [1.54, 1.807) is 0 Å². The van der Waals surface area contributed by atoms with Crippen LogP contribution >= 0.6 is 12.4 Å². The van der Waals surface area contributed by atoms with Gasteiger partial charge in [0.15, 0.2) is 0 Å². The Morgan fingerprint density at radius 2 is 2.20 bits per heavy atom. The number of halogens is 1. The van der Waals surface area contributed by atoms with Crippen LogP contribution < -0.4 is 11.1 Å². The molecule has 0 saturated carbocycles. The van der Waals surface area contributed by atoms with Crippen LogP contribution in [0.25, 0.3) is 0 Å². The second-order valence-electron chi connectivity index (χ2n) is 2.15. The Kier molecular flexibility index (Phi) is 5.55. The first kappa shape index (κ1) is 12.4. The highest BCUT2D eigenvalue weighted by Gasteiger charge is 2.25. The number of aliphatic hydroxyl groups is 1. The molecule has 5 heteroatoms. The third-order valence-corrected chi connectivity index (χ3v) is 1.07. The molecule has 0 aromatic rings. The first-order valence-electron chi connectivity index (χ1n) is 2.66. The summed E-state index contributed by atoms with van der Waals surface area (Å²) in [6.45, 7) is 1.12. The van der Waals surface area contributed by atoms with E-state index in [0.717, 1.165) is 0 Å². The van der Waals surface area contributed by atoms with Gasteiger partial charge in [-0.05, 0) is 6.92 Å². The molecule has 0 aliphatic carbocycles. The topological polar surface area (TPSA) is 75.4 Å². The van der Waals surface area contributed by atoms with Gasteiger partial charge in [0.25, 0.3) is 0 Å². The van der Waals surface area contributed by atoms with Crippen LogP contribution in [-0.2, 0) is 4.79 Å². The Morgan fingerprint density at radius 1 is 1.80 bits per heavy atom. The largest absolute Gasteiger partial charge is 0.394 e. The van der Waals surface area contributed by atoms with Crippen molar-refractivity contribution in [3.05, 3.63) is 0 Å². The van der Waals surface area contributed by atoms with Gasteiger partial charge in [0.2, 0.25) is 5.91 Å². The highest BCUT2D eigenvalue weighted by Crippen LogP contribution is 1.94. The number of nitrogens with one attached hydrogen (secondary N) is 1. The van der Waals surface area contributed by atoms with Crippen molar-refractivity contribution in [2.24, 2.45) is 5.73 Å². The molecule has 4 N–H and O–H groups in total. The average molecular weight is 169 g/mol. The number of carbonyl (C=O) groups is 1. The van der Waals surface area contributed by atoms with E-state index in [-0.39, 0.29) is 24.9 Å². The fourth-order valence-corrected chi connectivity index (χ4v) is 0.357. The van der Waals surface area contributed by atoms with Crippen molar-refractivity contribution in [2.75, 3.05) is 13.7 Å². The third kappa shape index (κ3) is 3.00. The second kappa shape index (κ2) is 4.49. The number of amides is 1. The average Bonchev–Trinajstić information content (AvgIpc) is 1.86. The maximum Gasteiger partial charge on any atom is 0.241 e. The van der Waals surface area contributed by atoms with Gasteiger partial charge >= 0.3 is 0 Å². The van der Waals surface area contributed by atoms with Gasteiger partial charge in [-0.2, -0.15) is 0 Å². The summed E-state index contributed by atoms with van der Waals surface area (Å²) in [6, 6.07) is 0. The van der Waals surface area contributed by atoms with Crippen molar-refractivity contribution in [1.82, 2.24) is 5.32 Å². The van der Waals surface area contributed by atoms with Crippen LogP contribution in [0.15, 0.2) is 0 Å². The number of rotatable bonds is 2. The highest BCUT2D eigenvalue weighted by atomic mass is 35.5. The standard InChI is InChI=1S/C5H12N2O2.ClH/c1-5(6,3-8)4(9)7-2;/h8H,3,6H2,1-2H3,(H,7,9);1H. The van der Waals surface area contributed by atoms with Crippen molar-refractivity contribution in [2.45, 2.75) is 12.5 Å². The Hall–Kier alpha value is -0.320. The number of carbonyl (C=O) groups excluding carboxylic acids is 1. The Morgan fingerprint density at radius 3 is 2.30 bits per heavy atom. The zero-order valence-corrected chi connectivity index (χ0v) is 6.86. The van der Waals surface area contributed by atoms with E-state index in [2.05, 4.69) is 5.32 Å². The predicted octanol–water partition coefficient (Wildman–Crippen LogP) is -1.14. The molecule has 0 fully saturated rings. The molecular formula is C5H13ClN2O2. The summed E-state index contributed by atoms with van der Waals surface area (Å²) in [5, 5.41) is 10.8. The van der Waals surface area contributed by atoms with Crippen LogP contribution in [0.4, 0.5) is 0 Å². The van der Waals surface area contributed by atoms with Gasteiger partial charge in [0, 0.05) is 7.05 Å². The zero-order chi connectivity index (χ0) is 7.49. The summed E-state index contributed by atoms with van der Waals surface area (Å²) in [6.07, 6.45) is 0. The minimum absolute atomic E-state index is 0. The molecule has 0 spiro atoms. The van der Waals surface area contributed by atoms with Crippen molar-refractivity contribution >= 4 is 18.3 Å². The summed E-state index contributed by atoms with van der Waals surface area (Å²) in [5.74, 6) is -0.356. The van der Waals surface area contributed by atoms with Crippen molar-refractivity contribution in [3.63, 3.8) is 0 Å². The number of hydrogen-bond donors (Lipinski definition) is 3. The van der Waals surface area contributed by atoms with Crippen LogP contribution in [0.5, 0.6) is 0 Å². The molecule has 0 aromatic carbocycles. The molecule has 0 radical (unpaired) electrons. The zero-order valence-electron chi connectivity index (χ0n) is 6.05. The van der Waals surface area contributed by atoms with Crippen LogP contribution in [0.2, 0.25) is 0 Å². The number of nitrogens with two attached hydrogens (primary N) is 1. The molecule has 0 bridgehead atoms. The molecule has 0 saturated heterocycles. The van der Waals surface area contributed by atoms with E-state index in [4.69, 9.17) is 10.8 Å². The molecule has 0 aromatic heterocycles. The van der Waals surface area contributed by atoms with Crippen molar-refractivity contribution in [3.8, 4) is 0 Å². The Balaban J connectivity index is 0. The van der Waals surface area contributed by atoms with Gasteiger partial charge in [0.1, 0.15) is 5.54 Å². The first-order valence-corrected chi connectivity index (χ1v) is 2.66. The number of aliphatic hydroxyl groups excluding tert-OH is 1. The molecule has 10 heavy (non-hydrogen) atoms. The van der Waals surface area contributed by atoms with Gasteiger partial charge in [0.05, 0.1) is 6.61 Å². The van der Waals surface area contributed by atoms with Crippen LogP contribution in [0.3, 0.4) is 0 Å². The summed E-state index contributed by atoms with van der Waals surface area (Å²) in [7, 11) is 1.48. The smallest absolute Gasteiger partial charge is 0.241 e. The number of hydrogen-bond acceptors (Lipinski definition) is 3. The highest BCUT2D eigenvalue weighted by molar-refractivity contribution is 5.85. The van der Waals surface area contributed by atoms with Crippen LogP contribution in [0, 0.1) is 0 Å². The summed E-state index contributed by atoms with van der Waals surface area (Å²) >= 11 is 0. The maximum atomic E-state index is 10.7. The molecule has 0 aliphatic rings. The van der Waals surface area contributed by atoms with Crippen molar-refractivity contribution < 1.29 is 9.90 Å². The van der Waals surface area contributed by atoms with Gasteiger partial charge in [-0.1, -0.05) is 0 Å². The van der Waals surface area contributed by atoms with Gasteiger partial charge < -0.3 is 16.2 Å². The Bertz CT molecular complexity index is 116. The van der Waals surface area contributed by atoms with E-state index in [0.29, 0.717) is 0 Å². The summed E-state index contributed by atoms with van der Waals surface area (Å²) in [5.41, 5.74) is 4.16. The predicted molar refractivity (Wildman–Crippen MR) is 41.0 cm³/mol. The molecule has 1 amide bonds. The van der Waals surface area contributed by atoms with E-state index in [1.807, 2.05) is 0 Å². The molecule has 62 valence electrons. The lowest BCUT2D eigenvalue weighted by Crippen LogP contribution is -2.53.